The molecule has 5 nitrogen and oxygen atoms in total. The van der Waals surface area contributed by atoms with E-state index in [-0.39, 0.29) is 11.1 Å². The molecule has 0 saturated carbocycles. The summed E-state index contributed by atoms with van der Waals surface area (Å²) in [6.07, 6.45) is 0. The van der Waals surface area contributed by atoms with Gasteiger partial charge in [-0.3, -0.25) is 0 Å². The Kier molecular flexibility index (Phi) is 4.58. The molecule has 1 fully saturated rings. The molecular formula is C18H16F2N2O3S. The standard InChI is InChI=1S/C18H16F2N2O3S/c19-12-2-3-14(13(20)10-12)21-18(23)22-5-8-26-17(22)11-1-4-15-16(9-11)25-7-6-24-15/h1-4,9-10,17H,5-8H2,(H,21,23)/t17-/m0/s1. The number of rotatable bonds is 2. The normalized spacial score (nSPS) is 18.7. The molecule has 0 aliphatic carbocycles. The van der Waals surface area contributed by atoms with Crippen LogP contribution in [0.3, 0.4) is 0 Å². The number of ether oxygens (including phenoxy) is 2. The van der Waals surface area contributed by atoms with Gasteiger partial charge in [-0.1, -0.05) is 6.07 Å². The van der Waals surface area contributed by atoms with Crippen molar-refractivity contribution in [2.24, 2.45) is 0 Å². The molecule has 2 aromatic carbocycles. The highest BCUT2D eigenvalue weighted by Gasteiger charge is 2.32. The van der Waals surface area contributed by atoms with Gasteiger partial charge in [0.15, 0.2) is 11.5 Å². The van der Waals surface area contributed by atoms with Crippen molar-refractivity contribution in [1.82, 2.24) is 4.90 Å². The number of nitrogens with one attached hydrogen (secondary N) is 1. The molecule has 0 bridgehead atoms. The number of urea groups is 1. The number of fused-ring (bicyclic) bond motifs is 1. The van der Waals surface area contributed by atoms with Gasteiger partial charge in [0.05, 0.1) is 5.69 Å². The van der Waals surface area contributed by atoms with Crippen LogP contribution in [0.2, 0.25) is 0 Å². The molecule has 0 aromatic heterocycles. The first kappa shape index (κ1) is 17.0. The van der Waals surface area contributed by atoms with Crippen LogP contribution in [0.15, 0.2) is 36.4 Å². The average molecular weight is 378 g/mol. The van der Waals surface area contributed by atoms with Crippen LogP contribution in [0.25, 0.3) is 0 Å². The Morgan fingerprint density at radius 3 is 2.73 bits per heavy atom. The van der Waals surface area contributed by atoms with Crippen LogP contribution in [0.4, 0.5) is 19.3 Å². The Morgan fingerprint density at radius 2 is 1.92 bits per heavy atom. The van der Waals surface area contributed by atoms with E-state index in [1.165, 1.54) is 6.07 Å². The highest BCUT2D eigenvalue weighted by molar-refractivity contribution is 7.99. The van der Waals surface area contributed by atoms with Crippen LogP contribution in [0.1, 0.15) is 10.9 Å². The van der Waals surface area contributed by atoms with E-state index in [9.17, 15) is 13.6 Å². The van der Waals surface area contributed by atoms with Crippen molar-refractivity contribution < 1.29 is 23.0 Å². The van der Waals surface area contributed by atoms with E-state index in [0.29, 0.717) is 31.3 Å². The highest BCUT2D eigenvalue weighted by Crippen LogP contribution is 2.41. The molecule has 2 aromatic rings. The number of anilines is 1. The number of hydrogen-bond acceptors (Lipinski definition) is 4. The van der Waals surface area contributed by atoms with Crippen LogP contribution < -0.4 is 14.8 Å². The summed E-state index contributed by atoms with van der Waals surface area (Å²) >= 11 is 1.61. The second kappa shape index (κ2) is 7.03. The van der Waals surface area contributed by atoms with Crippen molar-refractivity contribution in [3.05, 3.63) is 53.6 Å². The fourth-order valence-corrected chi connectivity index (χ4v) is 4.19. The van der Waals surface area contributed by atoms with E-state index in [1.807, 2.05) is 18.2 Å². The van der Waals surface area contributed by atoms with E-state index in [2.05, 4.69) is 5.32 Å². The predicted molar refractivity (Wildman–Crippen MR) is 94.7 cm³/mol. The summed E-state index contributed by atoms with van der Waals surface area (Å²) in [5, 5.41) is 2.30. The first-order valence-electron chi connectivity index (χ1n) is 8.15. The van der Waals surface area contributed by atoms with Crippen molar-refractivity contribution in [1.29, 1.82) is 0 Å². The average Bonchev–Trinajstić information content (AvgIpc) is 3.13. The van der Waals surface area contributed by atoms with Crippen LogP contribution in [0.5, 0.6) is 11.5 Å². The second-order valence-corrected chi connectivity index (χ2v) is 7.06. The zero-order valence-corrected chi connectivity index (χ0v) is 14.5. The summed E-state index contributed by atoms with van der Waals surface area (Å²) in [4.78, 5) is 14.2. The quantitative estimate of drug-likeness (QED) is 0.858. The lowest BCUT2D eigenvalue weighted by Crippen LogP contribution is -2.34. The van der Waals surface area contributed by atoms with Gasteiger partial charge < -0.3 is 19.7 Å². The van der Waals surface area contributed by atoms with E-state index >= 15 is 0 Å². The van der Waals surface area contributed by atoms with Gasteiger partial charge in [0.2, 0.25) is 0 Å². The van der Waals surface area contributed by atoms with Gasteiger partial charge in [-0.2, -0.15) is 0 Å². The van der Waals surface area contributed by atoms with Gasteiger partial charge in [-0.25, -0.2) is 13.6 Å². The Bertz CT molecular complexity index is 849. The summed E-state index contributed by atoms with van der Waals surface area (Å²) in [5.74, 6) is 0.615. The minimum atomic E-state index is -0.805. The number of nitrogens with zero attached hydrogens (tertiary/aromatic N) is 1. The SMILES string of the molecule is O=C(Nc1ccc(F)cc1F)N1CCS[C@H]1c1ccc2c(c1)OCCO2. The molecule has 4 rings (SSSR count). The van der Waals surface area contributed by atoms with Gasteiger partial charge >= 0.3 is 6.03 Å². The number of carbonyl (C=O) groups excluding carboxylic acids is 1. The molecule has 2 aliphatic rings. The zero-order valence-electron chi connectivity index (χ0n) is 13.7. The fourth-order valence-electron chi connectivity index (χ4n) is 2.95. The van der Waals surface area contributed by atoms with Crippen LogP contribution in [-0.4, -0.2) is 36.4 Å². The maximum absolute atomic E-state index is 13.8. The summed E-state index contributed by atoms with van der Waals surface area (Å²) < 4.78 is 37.9. The van der Waals surface area contributed by atoms with Crippen LogP contribution in [-0.2, 0) is 0 Å². The molecule has 1 atom stereocenters. The molecule has 26 heavy (non-hydrogen) atoms. The Hall–Kier alpha value is -2.48. The number of benzene rings is 2. The Labute approximate surface area is 153 Å². The van der Waals surface area contributed by atoms with Crippen molar-refractivity contribution in [3.63, 3.8) is 0 Å². The van der Waals surface area contributed by atoms with Crippen LogP contribution in [0, 0.1) is 11.6 Å². The van der Waals surface area contributed by atoms with Gasteiger partial charge in [0.1, 0.15) is 30.2 Å². The number of halogens is 2. The first-order chi connectivity index (χ1) is 12.6. The summed E-state index contributed by atoms with van der Waals surface area (Å²) in [6, 6.07) is 8.23. The third-order valence-corrected chi connectivity index (χ3v) is 5.44. The molecule has 0 unspecified atom stereocenters. The summed E-state index contributed by atoms with van der Waals surface area (Å²) in [7, 11) is 0. The van der Waals surface area contributed by atoms with Crippen molar-refractivity contribution in [2.45, 2.75) is 5.37 Å². The summed E-state index contributed by atoms with van der Waals surface area (Å²) in [5.41, 5.74) is 0.862. The third-order valence-electron chi connectivity index (χ3n) is 4.18. The molecule has 2 heterocycles. The van der Waals surface area contributed by atoms with Crippen LogP contribution >= 0.6 is 11.8 Å². The van der Waals surface area contributed by atoms with Gasteiger partial charge in [0.25, 0.3) is 0 Å². The molecule has 0 spiro atoms. The van der Waals surface area contributed by atoms with Crippen molar-refractivity contribution in [3.8, 4) is 11.5 Å². The lowest BCUT2D eigenvalue weighted by atomic mass is 10.1. The molecule has 2 amide bonds. The Morgan fingerprint density at radius 1 is 1.12 bits per heavy atom. The fraction of sp³-hybridized carbons (Fsp3) is 0.278. The van der Waals surface area contributed by atoms with Gasteiger partial charge in [0, 0.05) is 18.4 Å². The molecule has 1 N–H and O–H groups in total. The van der Waals surface area contributed by atoms with E-state index in [0.717, 1.165) is 23.4 Å². The summed E-state index contributed by atoms with van der Waals surface area (Å²) in [6.45, 7) is 1.53. The topological polar surface area (TPSA) is 50.8 Å². The minimum Gasteiger partial charge on any atom is -0.486 e. The first-order valence-corrected chi connectivity index (χ1v) is 9.20. The number of amides is 2. The minimum absolute atomic E-state index is 0.0470. The molecule has 8 heteroatoms. The second-order valence-electron chi connectivity index (χ2n) is 5.87. The largest absolute Gasteiger partial charge is 0.486 e. The van der Waals surface area contributed by atoms with E-state index in [1.54, 1.807) is 16.7 Å². The molecular weight excluding hydrogens is 362 g/mol. The molecule has 1 saturated heterocycles. The monoisotopic (exact) mass is 378 g/mol. The maximum atomic E-state index is 13.8. The van der Waals surface area contributed by atoms with E-state index < -0.39 is 17.7 Å². The zero-order chi connectivity index (χ0) is 18.1. The van der Waals surface area contributed by atoms with Crippen molar-refractivity contribution in [2.75, 3.05) is 30.8 Å². The highest BCUT2D eigenvalue weighted by atomic mass is 32.2. The lowest BCUT2D eigenvalue weighted by Gasteiger charge is -2.26. The Balaban J connectivity index is 1.53. The number of thioether (sulfide) groups is 1. The molecule has 136 valence electrons. The molecule has 0 radical (unpaired) electrons. The maximum Gasteiger partial charge on any atom is 0.323 e. The number of carbonyl (C=O) groups is 1. The predicted octanol–water partition coefficient (Wildman–Crippen LogP) is 4.02. The third kappa shape index (κ3) is 3.29. The van der Waals surface area contributed by atoms with Crippen molar-refractivity contribution >= 4 is 23.5 Å². The van der Waals surface area contributed by atoms with Gasteiger partial charge in [-0.05, 0) is 29.8 Å². The molecule has 2 aliphatic heterocycles. The number of hydrogen-bond donors (Lipinski definition) is 1. The van der Waals surface area contributed by atoms with E-state index in [4.69, 9.17) is 9.47 Å². The van der Waals surface area contributed by atoms with Gasteiger partial charge in [-0.15, -0.1) is 11.8 Å². The smallest absolute Gasteiger partial charge is 0.323 e. The lowest BCUT2D eigenvalue weighted by molar-refractivity contribution is 0.171.